The zero-order valence-corrected chi connectivity index (χ0v) is 31.7. The Bertz CT molecular complexity index is 1280. The molecule has 9 atom stereocenters. The van der Waals surface area contributed by atoms with Crippen LogP contribution in [0.25, 0.3) is 0 Å². The number of ether oxygens (including phenoxy) is 4. The molecule has 0 aliphatic carbocycles. The predicted molar refractivity (Wildman–Crippen MR) is 193 cm³/mol. The number of esters is 2. The van der Waals surface area contributed by atoms with Crippen molar-refractivity contribution in [3.63, 3.8) is 0 Å². The second-order valence-electron chi connectivity index (χ2n) is 13.3. The molecule has 12 heteroatoms. The van der Waals surface area contributed by atoms with Gasteiger partial charge in [0.1, 0.15) is 12.2 Å². The van der Waals surface area contributed by atoms with Gasteiger partial charge < -0.3 is 39.6 Å². The highest BCUT2D eigenvalue weighted by Crippen LogP contribution is 2.24. The molecule has 0 saturated heterocycles. The number of aliphatic hydroxyl groups is 3. The second-order valence-corrected chi connectivity index (χ2v) is 13.3. The molecule has 10 nitrogen and oxygen atoms in total. The maximum atomic E-state index is 14.0. The summed E-state index contributed by atoms with van der Waals surface area (Å²) in [7, 11) is 1.60. The fraction of sp³-hybridized carbons (Fsp3) is 0.641. The Labute approximate surface area is 302 Å². The summed E-state index contributed by atoms with van der Waals surface area (Å²) in [6.07, 6.45) is 6.81. The maximum Gasteiger partial charge on any atom is 0.309 e. The number of carbonyl (C=O) groups excluding carboxylic acids is 2. The average molecular weight is 726 g/mol. The van der Waals surface area contributed by atoms with Gasteiger partial charge in [0.2, 0.25) is 0 Å². The Morgan fingerprint density at radius 3 is 2.27 bits per heavy atom. The monoisotopic (exact) mass is 725 g/mol. The number of carbonyl (C=O) groups is 2. The summed E-state index contributed by atoms with van der Waals surface area (Å²) in [6.45, 7) is 14.1. The fourth-order valence-electron chi connectivity index (χ4n) is 5.81. The van der Waals surface area contributed by atoms with Gasteiger partial charge in [0, 0.05) is 33.1 Å². The van der Waals surface area contributed by atoms with E-state index in [2.05, 4.69) is 5.32 Å². The summed E-state index contributed by atoms with van der Waals surface area (Å²) in [4.78, 5) is 24.4. The second kappa shape index (κ2) is 23.5. The van der Waals surface area contributed by atoms with Gasteiger partial charge in [-0.1, -0.05) is 51.1 Å². The van der Waals surface area contributed by atoms with Crippen LogP contribution in [0.15, 0.2) is 54.2 Å². The Hall–Kier alpha value is -3.00. The van der Waals surface area contributed by atoms with Crippen LogP contribution >= 0.6 is 0 Å². The van der Waals surface area contributed by atoms with Gasteiger partial charge in [0.05, 0.1) is 42.5 Å². The first-order valence-electron chi connectivity index (χ1n) is 17.8. The van der Waals surface area contributed by atoms with Crippen LogP contribution in [0.2, 0.25) is 0 Å². The third-order valence-electron chi connectivity index (χ3n) is 8.69. The minimum Gasteiger partial charge on any atom is -0.458 e. The van der Waals surface area contributed by atoms with Crippen molar-refractivity contribution >= 4 is 11.9 Å². The number of halogens is 2. The molecule has 1 aromatic rings. The van der Waals surface area contributed by atoms with Crippen molar-refractivity contribution in [2.24, 2.45) is 5.92 Å². The van der Waals surface area contributed by atoms with Crippen molar-refractivity contribution in [1.82, 2.24) is 5.32 Å². The fourth-order valence-corrected chi connectivity index (χ4v) is 5.81. The molecule has 0 spiro atoms. The molecule has 0 amide bonds. The van der Waals surface area contributed by atoms with E-state index in [0.29, 0.717) is 30.4 Å². The lowest BCUT2D eigenvalue weighted by Gasteiger charge is -2.37. The zero-order chi connectivity index (χ0) is 38.7. The van der Waals surface area contributed by atoms with Crippen LogP contribution in [-0.4, -0.2) is 89.2 Å². The van der Waals surface area contributed by atoms with E-state index in [1.807, 2.05) is 34.6 Å². The number of hydrogen-bond acceptors (Lipinski definition) is 10. The van der Waals surface area contributed by atoms with Crippen molar-refractivity contribution in [2.45, 2.75) is 142 Å². The standard InChI is InChI=1S/C39H61F2NO9/c1-10-32(50-29(7)44)18-16-26(4)37(51-36(46)23-31(45)15-13-21-43)25(3)14-12-20-39(8,47)38(28(6)49-27(5)35(11-2)48-9)42-24-30-17-19-33(40)34(41)22-30/h12,14,16-20,22,26-28,31-32,35,37-38,42-43,45,47H,10-11,13,15,21,23-24H2,1-9H3. The number of allylic oxidation sites excluding steroid dienone is 2. The van der Waals surface area contributed by atoms with Crippen LogP contribution in [0.3, 0.4) is 0 Å². The third kappa shape index (κ3) is 16.9. The molecule has 0 saturated carbocycles. The van der Waals surface area contributed by atoms with Gasteiger partial charge in [0.25, 0.3) is 0 Å². The molecule has 0 aliphatic heterocycles. The highest BCUT2D eigenvalue weighted by Gasteiger charge is 2.36. The number of benzene rings is 1. The number of hydrogen-bond donors (Lipinski definition) is 4. The van der Waals surface area contributed by atoms with Gasteiger partial charge in [-0.05, 0) is 82.7 Å². The van der Waals surface area contributed by atoms with Gasteiger partial charge in [-0.15, -0.1) is 0 Å². The molecule has 290 valence electrons. The minimum absolute atomic E-state index is 0.104. The number of aliphatic hydroxyl groups excluding tert-OH is 2. The molecule has 9 unspecified atom stereocenters. The highest BCUT2D eigenvalue weighted by molar-refractivity contribution is 5.70. The first-order valence-corrected chi connectivity index (χ1v) is 17.8. The maximum absolute atomic E-state index is 14.0. The molecular weight excluding hydrogens is 664 g/mol. The Balaban J connectivity index is 3.40. The van der Waals surface area contributed by atoms with E-state index in [1.165, 1.54) is 13.0 Å². The van der Waals surface area contributed by atoms with Crippen molar-refractivity contribution in [3.8, 4) is 0 Å². The van der Waals surface area contributed by atoms with E-state index in [9.17, 15) is 28.6 Å². The Morgan fingerprint density at radius 2 is 1.71 bits per heavy atom. The Kier molecular flexibility index (Phi) is 21.2. The summed E-state index contributed by atoms with van der Waals surface area (Å²) in [6, 6.07) is 2.88. The van der Waals surface area contributed by atoms with Crippen LogP contribution in [0.4, 0.5) is 8.78 Å². The van der Waals surface area contributed by atoms with Crippen molar-refractivity contribution < 1.29 is 52.6 Å². The van der Waals surface area contributed by atoms with Crippen LogP contribution in [-0.2, 0) is 35.1 Å². The van der Waals surface area contributed by atoms with E-state index < -0.39 is 59.6 Å². The summed E-state index contributed by atoms with van der Waals surface area (Å²) in [5.74, 6) is -3.33. The van der Waals surface area contributed by atoms with Gasteiger partial charge in [-0.25, -0.2) is 8.78 Å². The van der Waals surface area contributed by atoms with E-state index >= 15 is 0 Å². The molecule has 0 heterocycles. The van der Waals surface area contributed by atoms with Crippen molar-refractivity contribution in [1.29, 1.82) is 0 Å². The number of nitrogens with one attached hydrogen (secondary N) is 1. The van der Waals surface area contributed by atoms with Gasteiger partial charge in [-0.3, -0.25) is 9.59 Å². The summed E-state index contributed by atoms with van der Waals surface area (Å²) in [5, 5.41) is 34.4. The SMILES string of the molecule is CCC(C=CC(C)C(OC(=O)CC(O)CCCO)C(C)=CC=CC(C)(O)C(NCc1ccc(F)c(F)c1)C(C)OC(C)C(CC)OC)OC(C)=O. The van der Waals surface area contributed by atoms with Crippen LogP contribution in [0.5, 0.6) is 0 Å². The lowest BCUT2D eigenvalue weighted by atomic mass is 9.90. The highest BCUT2D eigenvalue weighted by atomic mass is 19.2. The summed E-state index contributed by atoms with van der Waals surface area (Å²) in [5.41, 5.74) is -0.422. The third-order valence-corrected chi connectivity index (χ3v) is 8.69. The van der Waals surface area contributed by atoms with Crippen molar-refractivity contribution in [2.75, 3.05) is 13.7 Å². The summed E-state index contributed by atoms with van der Waals surface area (Å²) >= 11 is 0. The lowest BCUT2D eigenvalue weighted by Crippen LogP contribution is -2.55. The average Bonchev–Trinajstić information content (AvgIpc) is 3.06. The van der Waals surface area contributed by atoms with E-state index in [4.69, 9.17) is 24.1 Å². The first kappa shape index (κ1) is 46.0. The lowest BCUT2D eigenvalue weighted by molar-refractivity contribution is -0.151. The smallest absolute Gasteiger partial charge is 0.309 e. The number of rotatable bonds is 24. The molecule has 0 aromatic heterocycles. The molecule has 0 fully saturated rings. The topological polar surface area (TPSA) is 144 Å². The van der Waals surface area contributed by atoms with Gasteiger partial charge in [0.15, 0.2) is 11.6 Å². The molecular formula is C39H61F2NO9. The first-order chi connectivity index (χ1) is 24.0. The summed E-state index contributed by atoms with van der Waals surface area (Å²) < 4.78 is 50.5. The van der Waals surface area contributed by atoms with Crippen LogP contribution in [0.1, 0.15) is 93.1 Å². The largest absolute Gasteiger partial charge is 0.458 e. The van der Waals surface area contributed by atoms with Crippen LogP contribution in [0, 0.1) is 17.6 Å². The van der Waals surface area contributed by atoms with Gasteiger partial charge >= 0.3 is 11.9 Å². The Morgan fingerprint density at radius 1 is 1.02 bits per heavy atom. The van der Waals surface area contributed by atoms with E-state index in [0.717, 1.165) is 12.1 Å². The quantitative estimate of drug-likeness (QED) is 0.0581. The molecule has 1 aromatic carbocycles. The van der Waals surface area contributed by atoms with E-state index in [1.54, 1.807) is 51.3 Å². The minimum atomic E-state index is -1.53. The van der Waals surface area contributed by atoms with Gasteiger partial charge in [-0.2, -0.15) is 0 Å². The van der Waals surface area contributed by atoms with Crippen molar-refractivity contribution in [3.05, 3.63) is 71.4 Å². The zero-order valence-electron chi connectivity index (χ0n) is 31.7. The van der Waals surface area contributed by atoms with Crippen LogP contribution < -0.4 is 5.32 Å². The van der Waals surface area contributed by atoms with E-state index in [-0.39, 0.29) is 44.1 Å². The number of methoxy groups -OCH3 is 1. The predicted octanol–water partition coefficient (Wildman–Crippen LogP) is 5.86. The molecule has 0 bridgehead atoms. The molecule has 0 radical (unpaired) electrons. The molecule has 51 heavy (non-hydrogen) atoms. The molecule has 1 rings (SSSR count). The molecule has 4 N–H and O–H groups in total. The normalized spacial score (nSPS) is 18.4. The molecule has 0 aliphatic rings.